The summed E-state index contributed by atoms with van der Waals surface area (Å²) >= 11 is 0. The Kier molecular flexibility index (Phi) is 8.45. The number of ether oxygens (including phenoxy) is 2. The van der Waals surface area contributed by atoms with E-state index in [2.05, 4.69) is 69.1 Å². The minimum atomic E-state index is -1.26. The zero-order chi connectivity index (χ0) is 28.4. The van der Waals surface area contributed by atoms with Gasteiger partial charge >= 0.3 is 0 Å². The molecule has 0 bridgehead atoms. The molecule has 40 heavy (non-hydrogen) atoms. The quantitative estimate of drug-likeness (QED) is 0.298. The van der Waals surface area contributed by atoms with Crippen LogP contribution in [0, 0.1) is 5.41 Å². The third-order valence-corrected chi connectivity index (χ3v) is 8.81. The van der Waals surface area contributed by atoms with Gasteiger partial charge in [0, 0.05) is 31.7 Å². The van der Waals surface area contributed by atoms with Crippen LogP contribution in [-0.4, -0.2) is 44.9 Å². The second-order valence-electron chi connectivity index (χ2n) is 12.4. The first-order valence-corrected chi connectivity index (χ1v) is 17.2. The third-order valence-electron chi connectivity index (χ3n) is 7.99. The molecule has 7 heteroatoms. The smallest absolute Gasteiger partial charge is 0.171 e. The van der Waals surface area contributed by atoms with Crippen molar-refractivity contribution in [1.82, 2.24) is 9.88 Å². The molecule has 1 aromatic heterocycles. The normalized spacial score (nSPS) is 20.1. The second-order valence-corrected chi connectivity index (χ2v) is 14.8. The number of Topliss-reactive ketones (excluding diaryl/α,β-unsaturated/α-hetero) is 1. The summed E-state index contributed by atoms with van der Waals surface area (Å²) in [7, 11) is 0.416. The van der Waals surface area contributed by atoms with E-state index in [1.165, 1.54) is 11.1 Å². The number of pyridine rings is 1. The highest BCUT2D eigenvalue weighted by Crippen LogP contribution is 2.44. The van der Waals surface area contributed by atoms with Crippen molar-refractivity contribution < 1.29 is 18.7 Å². The van der Waals surface area contributed by atoms with E-state index in [9.17, 15) is 4.79 Å². The number of piperidine rings is 1. The van der Waals surface area contributed by atoms with E-state index in [0.717, 1.165) is 35.5 Å². The molecule has 3 atom stereocenters. The fourth-order valence-electron chi connectivity index (χ4n) is 6.03. The number of hydrogen-bond donors (Lipinski definition) is 0. The van der Waals surface area contributed by atoms with Crippen LogP contribution in [0.4, 0.5) is 0 Å². The lowest BCUT2D eigenvalue weighted by Crippen LogP contribution is -2.45. The summed E-state index contributed by atoms with van der Waals surface area (Å²) in [5.41, 5.74) is 5.45. The number of hydrogen-bond acceptors (Lipinski definition) is 6. The summed E-state index contributed by atoms with van der Waals surface area (Å²) in [5, 5.41) is 0. The molecule has 212 valence electrons. The van der Waals surface area contributed by atoms with Gasteiger partial charge in [0.2, 0.25) is 0 Å². The van der Waals surface area contributed by atoms with Gasteiger partial charge in [0.25, 0.3) is 0 Å². The van der Waals surface area contributed by atoms with E-state index in [0.29, 0.717) is 25.3 Å². The van der Waals surface area contributed by atoms with Crippen LogP contribution in [0.1, 0.15) is 73.2 Å². The Balaban J connectivity index is 1.36. The summed E-state index contributed by atoms with van der Waals surface area (Å²) in [4.78, 5) is 20.8. The molecule has 1 unspecified atom stereocenters. The molecule has 5 rings (SSSR count). The molecule has 2 aliphatic heterocycles. The maximum Gasteiger partial charge on any atom is 0.171 e. The first kappa shape index (κ1) is 28.5. The molecule has 0 radical (unpaired) electrons. The molecule has 0 saturated carbocycles. The molecule has 0 aliphatic carbocycles. The first-order chi connectivity index (χ1) is 19.1. The van der Waals surface area contributed by atoms with E-state index >= 15 is 0 Å². The lowest BCUT2D eigenvalue weighted by atomic mass is 9.80. The molecule has 0 N–H and O–H groups in total. The molecule has 0 amide bonds. The molecule has 2 aliphatic rings. The average Bonchev–Trinajstić information content (AvgIpc) is 2.94. The Hall–Kier alpha value is -3.00. The fourth-order valence-corrected chi connectivity index (χ4v) is 7.14. The zero-order valence-electron chi connectivity index (χ0n) is 24.6. The predicted octanol–water partition coefficient (Wildman–Crippen LogP) is 6.41. The van der Waals surface area contributed by atoms with Crippen molar-refractivity contribution in [3.8, 4) is 11.5 Å². The van der Waals surface area contributed by atoms with Gasteiger partial charge in [-0.1, -0.05) is 51.1 Å². The Morgan fingerprint density at radius 3 is 2.55 bits per heavy atom. The summed E-state index contributed by atoms with van der Waals surface area (Å²) < 4.78 is 18.4. The molecule has 1 saturated heterocycles. The van der Waals surface area contributed by atoms with Gasteiger partial charge in [-0.05, 0) is 71.4 Å². The van der Waals surface area contributed by atoms with Gasteiger partial charge in [-0.2, -0.15) is 0 Å². The highest BCUT2D eigenvalue weighted by molar-refractivity contribution is 6.48. The van der Waals surface area contributed by atoms with Crippen molar-refractivity contribution in [1.29, 1.82) is 0 Å². The minimum Gasteiger partial charge on any atom is -0.493 e. The van der Waals surface area contributed by atoms with E-state index in [4.69, 9.17) is 18.9 Å². The molecule has 3 heterocycles. The van der Waals surface area contributed by atoms with E-state index in [-0.39, 0.29) is 29.3 Å². The summed E-state index contributed by atoms with van der Waals surface area (Å²) in [6, 6.07) is 18.6. The van der Waals surface area contributed by atoms with Crippen LogP contribution in [0.2, 0.25) is 13.1 Å². The van der Waals surface area contributed by atoms with E-state index in [1.54, 1.807) is 7.11 Å². The van der Waals surface area contributed by atoms with Crippen molar-refractivity contribution in [2.75, 3.05) is 20.2 Å². The Morgan fingerprint density at radius 1 is 1.07 bits per heavy atom. The predicted molar refractivity (Wildman–Crippen MR) is 161 cm³/mol. The average molecular weight is 559 g/mol. The van der Waals surface area contributed by atoms with E-state index < -0.39 is 9.04 Å². The topological polar surface area (TPSA) is 60.9 Å². The zero-order valence-corrected chi connectivity index (χ0v) is 25.8. The number of nitrogens with zero attached hydrogens (tertiary/aromatic N) is 2. The largest absolute Gasteiger partial charge is 0.493 e. The number of carbonyl (C=O) groups is 1. The number of aromatic nitrogens is 1. The van der Waals surface area contributed by atoms with Crippen LogP contribution in [0.5, 0.6) is 11.5 Å². The van der Waals surface area contributed by atoms with Crippen LogP contribution in [-0.2, 0) is 22.2 Å². The van der Waals surface area contributed by atoms with Crippen LogP contribution < -0.4 is 9.47 Å². The van der Waals surface area contributed by atoms with Crippen molar-refractivity contribution in [2.45, 2.75) is 71.4 Å². The molecule has 2 aromatic carbocycles. The van der Waals surface area contributed by atoms with Gasteiger partial charge in [0.05, 0.1) is 24.8 Å². The van der Waals surface area contributed by atoms with Gasteiger partial charge in [-0.25, -0.2) is 0 Å². The Morgan fingerprint density at radius 2 is 1.85 bits per heavy atom. The fraction of sp³-hybridized carbons (Fsp3) is 0.455. The molecule has 0 spiro atoms. The van der Waals surface area contributed by atoms with E-state index in [1.807, 2.05) is 30.5 Å². The highest BCUT2D eigenvalue weighted by Gasteiger charge is 2.40. The summed E-state index contributed by atoms with van der Waals surface area (Å²) in [6.45, 7) is 13.1. The minimum absolute atomic E-state index is 0.0139. The summed E-state index contributed by atoms with van der Waals surface area (Å²) in [5.74, 6) is 1.47. The number of rotatable bonds is 8. The molecule has 1 fully saturated rings. The maximum absolute atomic E-state index is 13.6. The number of carbonyl (C=O) groups excluding carboxylic acids is 1. The Labute approximate surface area is 240 Å². The van der Waals surface area contributed by atoms with Crippen molar-refractivity contribution in [3.63, 3.8) is 0 Å². The number of ketones is 1. The maximum atomic E-state index is 13.6. The first-order valence-electron chi connectivity index (χ1n) is 14.4. The highest BCUT2D eigenvalue weighted by atomic mass is 28.3. The third kappa shape index (κ3) is 6.17. The van der Waals surface area contributed by atoms with Crippen molar-refractivity contribution in [3.05, 3.63) is 88.7 Å². The second kappa shape index (κ2) is 11.8. The van der Waals surface area contributed by atoms with Crippen molar-refractivity contribution in [2.24, 2.45) is 5.41 Å². The van der Waals surface area contributed by atoms with Gasteiger partial charge in [0.1, 0.15) is 12.4 Å². The Bertz CT molecular complexity index is 1340. The number of methoxy groups -OCH3 is 1. The van der Waals surface area contributed by atoms with Crippen LogP contribution in [0.15, 0.2) is 60.8 Å². The SMILES string of the molecule is COc1cc2c(cc1OCc1ccccc1)CCN1C[C@@H](c3cc(C(O[SiH](C)C)C(C)(C)C)ccn3)C(=O)C[C@H]21. The van der Waals surface area contributed by atoms with Gasteiger partial charge < -0.3 is 13.9 Å². The molecular weight excluding hydrogens is 516 g/mol. The van der Waals surface area contributed by atoms with Gasteiger partial charge in [-0.15, -0.1) is 0 Å². The molecule has 6 nitrogen and oxygen atoms in total. The standard InChI is InChI=1S/C33H42N2O4Si/c1-33(2,3)32(39-40(5)6)24-12-14-34-27(16-24)26-20-35-15-13-23-17-31(38-21-22-10-8-7-9-11-22)30(37-4)18-25(23)28(35)19-29(26)36/h7-12,14,16-18,26,28,32,40H,13,15,19-21H2,1-6H3/t26-,28+,32?/m0/s1. The lowest BCUT2D eigenvalue weighted by molar-refractivity contribution is -0.125. The molecule has 3 aromatic rings. The van der Waals surface area contributed by atoms with Crippen LogP contribution in [0.3, 0.4) is 0 Å². The lowest BCUT2D eigenvalue weighted by Gasteiger charge is -2.43. The monoisotopic (exact) mass is 558 g/mol. The van der Waals surface area contributed by atoms with Gasteiger partial charge in [-0.3, -0.25) is 14.7 Å². The number of fused-ring (bicyclic) bond motifs is 3. The van der Waals surface area contributed by atoms with Gasteiger partial charge in [0.15, 0.2) is 20.5 Å². The molecular formula is C33H42N2O4Si. The summed E-state index contributed by atoms with van der Waals surface area (Å²) in [6.07, 6.45) is 3.21. The van der Waals surface area contributed by atoms with Crippen molar-refractivity contribution >= 4 is 14.8 Å². The van der Waals surface area contributed by atoms with Crippen LogP contribution in [0.25, 0.3) is 0 Å². The van der Waals surface area contributed by atoms with Crippen LogP contribution >= 0.6 is 0 Å². The number of benzene rings is 2.